The maximum absolute atomic E-state index is 2.22. The molecular formula is C22H46. The molecule has 1 aliphatic rings. The highest BCUT2D eigenvalue weighted by Crippen LogP contribution is 2.35. The second-order valence-corrected chi connectivity index (χ2v) is 3.49. The summed E-state index contributed by atoms with van der Waals surface area (Å²) in [5.74, 6) is 0. The SMILES string of the molecule is C.C.C.C.C.C.C.C.C.c1ccc2c(c1)Cc1ccccc1-2. The molecule has 0 N–H and O–H groups in total. The van der Waals surface area contributed by atoms with Gasteiger partial charge in [-0.25, -0.2) is 0 Å². The molecule has 2 aromatic rings. The van der Waals surface area contributed by atoms with Crippen LogP contribution < -0.4 is 0 Å². The molecule has 0 saturated carbocycles. The van der Waals surface area contributed by atoms with Gasteiger partial charge in [0.25, 0.3) is 0 Å². The summed E-state index contributed by atoms with van der Waals surface area (Å²) in [5.41, 5.74) is 5.75. The van der Waals surface area contributed by atoms with Gasteiger partial charge >= 0.3 is 0 Å². The molecule has 0 fully saturated rings. The fourth-order valence-electron chi connectivity index (χ4n) is 2.08. The van der Waals surface area contributed by atoms with E-state index in [2.05, 4.69) is 48.5 Å². The van der Waals surface area contributed by atoms with E-state index in [1.165, 1.54) is 22.3 Å². The summed E-state index contributed by atoms with van der Waals surface area (Å²) in [6.45, 7) is 0. The predicted molar refractivity (Wildman–Crippen MR) is 115 cm³/mol. The molecule has 0 saturated heterocycles. The van der Waals surface area contributed by atoms with Crippen LogP contribution in [0.2, 0.25) is 0 Å². The average molecular weight is 311 g/mol. The Bertz CT molecular complexity index is 412. The van der Waals surface area contributed by atoms with Crippen molar-refractivity contribution in [3.63, 3.8) is 0 Å². The lowest BCUT2D eigenvalue weighted by atomic mass is 10.1. The van der Waals surface area contributed by atoms with E-state index in [1.54, 1.807) is 0 Å². The number of rotatable bonds is 0. The molecule has 2 aromatic carbocycles. The quantitative estimate of drug-likeness (QED) is 0.388. The standard InChI is InChI=1S/C13H10.9CH4/c1-3-7-12-10(5-1)9-11-6-2-4-8-13(11)12;;;;;;;;;/h1-8H,9H2;9*1H4. The van der Waals surface area contributed by atoms with Crippen molar-refractivity contribution in [2.45, 2.75) is 73.3 Å². The van der Waals surface area contributed by atoms with E-state index < -0.39 is 0 Å². The van der Waals surface area contributed by atoms with Crippen LogP contribution in [-0.2, 0) is 6.42 Å². The van der Waals surface area contributed by atoms with Crippen molar-refractivity contribution in [3.05, 3.63) is 59.7 Å². The smallest absolute Gasteiger partial charge is 0.00135 e. The van der Waals surface area contributed by atoms with E-state index in [4.69, 9.17) is 0 Å². The number of hydrogen-bond acceptors (Lipinski definition) is 0. The second-order valence-electron chi connectivity index (χ2n) is 3.49. The molecule has 0 aromatic heterocycles. The third-order valence-corrected chi connectivity index (χ3v) is 2.71. The van der Waals surface area contributed by atoms with Gasteiger partial charge in [-0.05, 0) is 28.7 Å². The Hall–Kier alpha value is -1.56. The Labute approximate surface area is 144 Å². The van der Waals surface area contributed by atoms with Gasteiger partial charge in [0.05, 0.1) is 0 Å². The maximum atomic E-state index is 2.22. The largest absolute Gasteiger partial charge is 0.0776 e. The van der Waals surface area contributed by atoms with Gasteiger partial charge in [-0.15, -0.1) is 0 Å². The van der Waals surface area contributed by atoms with Gasteiger partial charge < -0.3 is 0 Å². The summed E-state index contributed by atoms with van der Waals surface area (Å²) >= 11 is 0. The minimum atomic E-state index is 0. The molecule has 0 aliphatic heterocycles. The minimum Gasteiger partial charge on any atom is -0.0776 e. The summed E-state index contributed by atoms with van der Waals surface area (Å²) in [7, 11) is 0. The van der Waals surface area contributed by atoms with Gasteiger partial charge in [0.1, 0.15) is 0 Å². The molecule has 0 heteroatoms. The molecular weight excluding hydrogens is 264 g/mol. The lowest BCUT2D eigenvalue weighted by molar-refractivity contribution is 1.26. The summed E-state index contributed by atoms with van der Waals surface area (Å²) in [4.78, 5) is 0. The lowest BCUT2D eigenvalue weighted by Crippen LogP contribution is -1.77. The van der Waals surface area contributed by atoms with Crippen molar-refractivity contribution in [2.24, 2.45) is 0 Å². The van der Waals surface area contributed by atoms with Crippen molar-refractivity contribution in [1.82, 2.24) is 0 Å². The third-order valence-electron chi connectivity index (χ3n) is 2.71. The summed E-state index contributed by atoms with van der Waals surface area (Å²) < 4.78 is 0. The van der Waals surface area contributed by atoms with Crippen LogP contribution in [0.1, 0.15) is 78.0 Å². The van der Waals surface area contributed by atoms with E-state index in [-0.39, 0.29) is 66.8 Å². The lowest BCUT2D eigenvalue weighted by Gasteiger charge is -1.98. The van der Waals surface area contributed by atoms with Gasteiger partial charge in [0.15, 0.2) is 0 Å². The van der Waals surface area contributed by atoms with Crippen LogP contribution in [-0.4, -0.2) is 0 Å². The molecule has 1 aliphatic carbocycles. The highest BCUT2D eigenvalue weighted by Gasteiger charge is 2.15. The van der Waals surface area contributed by atoms with E-state index in [0.29, 0.717) is 0 Å². The molecule has 0 unspecified atom stereocenters. The maximum Gasteiger partial charge on any atom is -0.00135 e. The van der Waals surface area contributed by atoms with Crippen LogP contribution in [0.4, 0.5) is 0 Å². The summed E-state index contributed by atoms with van der Waals surface area (Å²) in [6.07, 6.45) is 1.10. The van der Waals surface area contributed by atoms with Crippen molar-refractivity contribution < 1.29 is 0 Å². The van der Waals surface area contributed by atoms with E-state index in [1.807, 2.05) is 0 Å². The third kappa shape index (κ3) is 6.93. The fourth-order valence-corrected chi connectivity index (χ4v) is 2.08. The number of benzene rings is 2. The van der Waals surface area contributed by atoms with Gasteiger partial charge in [-0.3, -0.25) is 0 Å². The molecule has 0 spiro atoms. The number of fused-ring (bicyclic) bond motifs is 3. The predicted octanol–water partition coefficient (Wildman–Crippen LogP) is 8.98. The Kier molecular flexibility index (Phi) is 34.0. The Balaban J connectivity index is -0.0000000500. The fraction of sp³-hybridized carbons (Fsp3) is 0.455. The van der Waals surface area contributed by atoms with Crippen LogP contribution in [0.25, 0.3) is 11.1 Å². The van der Waals surface area contributed by atoms with Gasteiger partial charge in [0.2, 0.25) is 0 Å². The zero-order valence-corrected chi connectivity index (χ0v) is 7.33. The summed E-state index contributed by atoms with van der Waals surface area (Å²) in [5, 5.41) is 0. The zero-order chi connectivity index (χ0) is 8.67. The first-order valence-corrected chi connectivity index (χ1v) is 4.61. The monoisotopic (exact) mass is 310 g/mol. The van der Waals surface area contributed by atoms with E-state index in [9.17, 15) is 0 Å². The summed E-state index contributed by atoms with van der Waals surface area (Å²) in [6, 6.07) is 17.3. The zero-order valence-electron chi connectivity index (χ0n) is 7.33. The first-order chi connectivity index (χ1) is 6.45. The molecule has 22 heavy (non-hydrogen) atoms. The molecule has 0 amide bonds. The molecule has 0 heterocycles. The topological polar surface area (TPSA) is 0 Å². The molecule has 0 bridgehead atoms. The first kappa shape index (κ1) is 42.8. The van der Waals surface area contributed by atoms with Crippen LogP contribution in [0.3, 0.4) is 0 Å². The molecule has 0 nitrogen and oxygen atoms in total. The van der Waals surface area contributed by atoms with Crippen molar-refractivity contribution in [2.75, 3.05) is 0 Å². The van der Waals surface area contributed by atoms with Crippen LogP contribution >= 0.6 is 0 Å². The van der Waals surface area contributed by atoms with Gasteiger partial charge in [0, 0.05) is 0 Å². The van der Waals surface area contributed by atoms with Crippen LogP contribution in [0.5, 0.6) is 0 Å². The average Bonchev–Trinajstić information content (AvgIpc) is 2.56. The van der Waals surface area contributed by atoms with Gasteiger partial charge in [-0.1, -0.05) is 115 Å². The molecule has 3 rings (SSSR count). The first-order valence-electron chi connectivity index (χ1n) is 4.61. The van der Waals surface area contributed by atoms with Crippen molar-refractivity contribution in [1.29, 1.82) is 0 Å². The molecule has 0 atom stereocenters. The van der Waals surface area contributed by atoms with E-state index in [0.717, 1.165) is 6.42 Å². The normalized spacial score (nSPS) is 7.27. The minimum absolute atomic E-state index is 0. The van der Waals surface area contributed by atoms with Crippen molar-refractivity contribution in [3.8, 4) is 11.1 Å². The van der Waals surface area contributed by atoms with Gasteiger partial charge in [-0.2, -0.15) is 0 Å². The van der Waals surface area contributed by atoms with Crippen LogP contribution in [0.15, 0.2) is 48.5 Å². The highest BCUT2D eigenvalue weighted by atomic mass is 14.2. The second kappa shape index (κ2) is 17.5. The molecule has 134 valence electrons. The Morgan fingerprint density at radius 1 is 0.409 bits per heavy atom. The molecule has 0 radical (unpaired) electrons. The van der Waals surface area contributed by atoms with Crippen molar-refractivity contribution >= 4 is 0 Å². The Morgan fingerprint density at radius 2 is 0.682 bits per heavy atom. The van der Waals surface area contributed by atoms with Crippen LogP contribution in [0, 0.1) is 0 Å². The highest BCUT2D eigenvalue weighted by molar-refractivity contribution is 5.76. The van der Waals surface area contributed by atoms with E-state index >= 15 is 0 Å². The Morgan fingerprint density at radius 3 is 1.00 bits per heavy atom. The number of hydrogen-bond donors (Lipinski definition) is 0.